The van der Waals surface area contributed by atoms with Gasteiger partial charge in [0.25, 0.3) is 0 Å². The molecule has 4 heteroatoms. The van der Waals surface area contributed by atoms with E-state index in [1.54, 1.807) is 11.3 Å². The molecule has 1 atom stereocenters. The van der Waals surface area contributed by atoms with Gasteiger partial charge in [0.1, 0.15) is 0 Å². The Kier molecular flexibility index (Phi) is 2.99. The van der Waals surface area contributed by atoms with Crippen LogP contribution < -0.4 is 5.32 Å². The van der Waals surface area contributed by atoms with Crippen LogP contribution in [-0.4, -0.2) is 16.6 Å². The third-order valence-electron chi connectivity index (χ3n) is 3.49. The van der Waals surface area contributed by atoms with E-state index in [0.29, 0.717) is 6.04 Å². The van der Waals surface area contributed by atoms with Gasteiger partial charge >= 0.3 is 0 Å². The van der Waals surface area contributed by atoms with Crippen LogP contribution in [0, 0.1) is 0 Å². The van der Waals surface area contributed by atoms with Crippen molar-refractivity contribution in [3.05, 3.63) is 40.1 Å². The molecular formula is C13H17N3S. The number of hydrogen-bond acceptors (Lipinski definition) is 3. The molecule has 17 heavy (non-hydrogen) atoms. The normalized spacial score (nSPS) is 19.2. The molecule has 0 aromatic carbocycles. The first-order chi connectivity index (χ1) is 8.36. The smallest absolute Gasteiger partial charge is 0.0795 e. The lowest BCUT2D eigenvalue weighted by atomic mass is 9.91. The summed E-state index contributed by atoms with van der Waals surface area (Å²) < 4.78 is 2.27. The van der Waals surface area contributed by atoms with E-state index in [2.05, 4.69) is 39.7 Å². The summed E-state index contributed by atoms with van der Waals surface area (Å²) in [6.07, 6.45) is 8.34. The Morgan fingerprint density at radius 2 is 2.47 bits per heavy atom. The molecule has 3 rings (SSSR count). The molecule has 2 heterocycles. The molecule has 0 saturated heterocycles. The zero-order chi connectivity index (χ0) is 11.7. The topological polar surface area (TPSA) is 29.9 Å². The Hall–Kier alpha value is -1.13. The summed E-state index contributed by atoms with van der Waals surface area (Å²) in [5.74, 6) is 0. The van der Waals surface area contributed by atoms with Crippen LogP contribution in [-0.2, 0) is 13.0 Å². The maximum Gasteiger partial charge on any atom is 0.0795 e. The van der Waals surface area contributed by atoms with Gasteiger partial charge in [0.2, 0.25) is 0 Å². The number of fused-ring (bicyclic) bond motifs is 1. The molecule has 1 aliphatic carbocycles. The van der Waals surface area contributed by atoms with E-state index in [-0.39, 0.29) is 0 Å². The van der Waals surface area contributed by atoms with Crippen LogP contribution in [0.25, 0.3) is 0 Å². The molecule has 0 amide bonds. The molecule has 2 aromatic rings. The average Bonchev–Trinajstić information content (AvgIpc) is 2.97. The lowest BCUT2D eigenvalue weighted by Crippen LogP contribution is -2.20. The molecule has 0 saturated carbocycles. The molecule has 2 aromatic heterocycles. The Balaban J connectivity index is 1.85. The van der Waals surface area contributed by atoms with Crippen LogP contribution in [0.2, 0.25) is 0 Å². The lowest BCUT2D eigenvalue weighted by molar-refractivity contribution is 0.498. The second-order valence-electron chi connectivity index (χ2n) is 4.62. The fourth-order valence-corrected chi connectivity index (χ4v) is 3.19. The number of aryl methyl sites for hydroxylation is 1. The minimum Gasteiger partial charge on any atom is -0.348 e. The summed E-state index contributed by atoms with van der Waals surface area (Å²) in [6, 6.07) is 0.537. The Bertz CT molecular complexity index is 487. The molecule has 0 bridgehead atoms. The summed E-state index contributed by atoms with van der Waals surface area (Å²) >= 11 is 1.66. The third-order valence-corrected chi connectivity index (χ3v) is 4.12. The van der Waals surface area contributed by atoms with Crippen molar-refractivity contribution in [3.63, 3.8) is 0 Å². The van der Waals surface area contributed by atoms with Crippen molar-refractivity contribution in [1.82, 2.24) is 14.9 Å². The van der Waals surface area contributed by atoms with E-state index in [9.17, 15) is 0 Å². The van der Waals surface area contributed by atoms with Crippen molar-refractivity contribution >= 4 is 11.3 Å². The first kappa shape index (κ1) is 11.0. The van der Waals surface area contributed by atoms with Gasteiger partial charge in [-0.25, -0.2) is 4.98 Å². The molecule has 90 valence electrons. The predicted octanol–water partition coefficient (Wildman–Crippen LogP) is 2.59. The number of thiazole rings is 1. The van der Waals surface area contributed by atoms with Crippen LogP contribution in [0.1, 0.15) is 35.7 Å². The molecule has 0 radical (unpaired) electrons. The number of nitrogens with one attached hydrogen (secondary N) is 1. The molecular weight excluding hydrogens is 230 g/mol. The molecule has 3 nitrogen and oxygen atoms in total. The fourth-order valence-electron chi connectivity index (χ4n) is 2.64. The molecule has 1 unspecified atom stereocenters. The maximum absolute atomic E-state index is 4.34. The first-order valence-electron chi connectivity index (χ1n) is 6.09. The van der Waals surface area contributed by atoms with Gasteiger partial charge in [0.05, 0.1) is 17.7 Å². The maximum atomic E-state index is 4.34. The van der Waals surface area contributed by atoms with Crippen LogP contribution in [0.5, 0.6) is 0 Å². The highest BCUT2D eigenvalue weighted by atomic mass is 32.1. The van der Waals surface area contributed by atoms with Crippen molar-refractivity contribution in [3.8, 4) is 0 Å². The number of rotatable bonds is 3. The second kappa shape index (κ2) is 4.63. The van der Waals surface area contributed by atoms with E-state index in [1.165, 1.54) is 30.4 Å². The molecule has 0 aliphatic heterocycles. The van der Waals surface area contributed by atoms with Gasteiger partial charge in [-0.15, -0.1) is 11.3 Å². The van der Waals surface area contributed by atoms with Crippen molar-refractivity contribution < 1.29 is 0 Å². The summed E-state index contributed by atoms with van der Waals surface area (Å²) in [5.41, 5.74) is 6.04. The number of nitrogens with zero attached hydrogens (tertiary/aromatic N) is 2. The molecule has 1 N–H and O–H groups in total. The Labute approximate surface area is 106 Å². The lowest BCUT2D eigenvalue weighted by Gasteiger charge is -2.21. The van der Waals surface area contributed by atoms with Gasteiger partial charge in [-0.3, -0.25) is 0 Å². The highest BCUT2D eigenvalue weighted by molar-refractivity contribution is 7.07. The summed E-state index contributed by atoms with van der Waals surface area (Å²) in [7, 11) is 2.05. The number of hydrogen-bond donors (Lipinski definition) is 1. The van der Waals surface area contributed by atoms with Crippen LogP contribution in [0.15, 0.2) is 23.3 Å². The monoisotopic (exact) mass is 247 g/mol. The van der Waals surface area contributed by atoms with Crippen molar-refractivity contribution in [2.75, 3.05) is 7.05 Å². The van der Waals surface area contributed by atoms with Crippen molar-refractivity contribution in [2.45, 2.75) is 31.8 Å². The van der Waals surface area contributed by atoms with Gasteiger partial charge in [0, 0.05) is 23.8 Å². The summed E-state index contributed by atoms with van der Waals surface area (Å²) in [5, 5.41) is 5.52. The Morgan fingerprint density at radius 1 is 1.53 bits per heavy atom. The van der Waals surface area contributed by atoms with Gasteiger partial charge in [-0.2, -0.15) is 0 Å². The van der Waals surface area contributed by atoms with Crippen LogP contribution in [0.4, 0.5) is 0 Å². The highest BCUT2D eigenvalue weighted by Gasteiger charge is 2.20. The van der Waals surface area contributed by atoms with Crippen molar-refractivity contribution in [2.24, 2.45) is 0 Å². The van der Waals surface area contributed by atoms with E-state index in [1.807, 2.05) is 5.51 Å². The van der Waals surface area contributed by atoms with E-state index >= 15 is 0 Å². The minimum absolute atomic E-state index is 0.537. The zero-order valence-electron chi connectivity index (χ0n) is 10.0. The minimum atomic E-state index is 0.537. The van der Waals surface area contributed by atoms with E-state index < -0.39 is 0 Å². The zero-order valence-corrected chi connectivity index (χ0v) is 10.8. The quantitative estimate of drug-likeness (QED) is 0.903. The Morgan fingerprint density at radius 3 is 3.24 bits per heavy atom. The third kappa shape index (κ3) is 2.15. The van der Waals surface area contributed by atoms with E-state index in [0.717, 1.165) is 12.2 Å². The van der Waals surface area contributed by atoms with Gasteiger partial charge in [0.15, 0.2) is 0 Å². The molecule has 0 fully saturated rings. The standard InChI is InChI=1S/C13H17N3S/c1-14-13-4-2-3-10-5-16(7-12(10)13)6-11-8-17-9-15-11/h5,7-9,13-14H,2-4,6H2,1H3. The van der Waals surface area contributed by atoms with Crippen molar-refractivity contribution in [1.29, 1.82) is 0 Å². The second-order valence-corrected chi connectivity index (χ2v) is 5.34. The van der Waals surface area contributed by atoms with Gasteiger partial charge < -0.3 is 9.88 Å². The SMILES string of the molecule is CNC1CCCc2cn(Cc3cscn3)cc21. The first-order valence-corrected chi connectivity index (χ1v) is 7.04. The number of aromatic nitrogens is 2. The van der Waals surface area contributed by atoms with Gasteiger partial charge in [-0.1, -0.05) is 0 Å². The van der Waals surface area contributed by atoms with Crippen LogP contribution >= 0.6 is 11.3 Å². The fraction of sp³-hybridized carbons (Fsp3) is 0.462. The van der Waals surface area contributed by atoms with E-state index in [4.69, 9.17) is 0 Å². The van der Waals surface area contributed by atoms with Gasteiger partial charge in [-0.05, 0) is 37.4 Å². The largest absolute Gasteiger partial charge is 0.348 e. The summed E-state index contributed by atoms with van der Waals surface area (Å²) in [6.45, 7) is 0.896. The highest BCUT2D eigenvalue weighted by Crippen LogP contribution is 2.30. The molecule has 1 aliphatic rings. The average molecular weight is 247 g/mol. The summed E-state index contributed by atoms with van der Waals surface area (Å²) in [4.78, 5) is 4.34. The van der Waals surface area contributed by atoms with Crippen LogP contribution in [0.3, 0.4) is 0 Å². The molecule has 0 spiro atoms. The predicted molar refractivity (Wildman–Crippen MR) is 70.4 cm³/mol.